The van der Waals surface area contributed by atoms with Crippen LogP contribution in [0, 0.1) is 0 Å². The van der Waals surface area contributed by atoms with Crippen molar-refractivity contribution in [1.82, 2.24) is 24.6 Å². The summed E-state index contributed by atoms with van der Waals surface area (Å²) in [4.78, 5) is 36.1. The Balaban J connectivity index is 1.35. The van der Waals surface area contributed by atoms with Gasteiger partial charge in [0.05, 0.1) is 31.4 Å². The zero-order chi connectivity index (χ0) is 30.2. The van der Waals surface area contributed by atoms with Crippen molar-refractivity contribution < 1.29 is 32.2 Å². The van der Waals surface area contributed by atoms with Crippen molar-refractivity contribution in [2.75, 3.05) is 50.9 Å². The van der Waals surface area contributed by atoms with Crippen LogP contribution in [0.2, 0.25) is 30.7 Å². The van der Waals surface area contributed by atoms with Gasteiger partial charge >= 0.3 is 6.18 Å². The van der Waals surface area contributed by atoms with Gasteiger partial charge in [0.2, 0.25) is 11.9 Å². The van der Waals surface area contributed by atoms with Gasteiger partial charge in [-0.05, 0) is 13.0 Å². The molecule has 0 aliphatic carbocycles. The smallest absolute Gasteiger partial charge is 0.419 e. The SMILES string of the molecule is CC(COCCC(=O)N1CCN(c2ncc(C(F)(F)F)cn2)CC1)Oc1cnn(COCC[Si](C)(C)C)c(=O)c1Cl. The summed E-state index contributed by atoms with van der Waals surface area (Å²) in [5.74, 6) is 0.229. The first-order valence-electron chi connectivity index (χ1n) is 13.2. The molecule has 1 unspecified atom stereocenters. The summed E-state index contributed by atoms with van der Waals surface area (Å²) >= 11 is 6.20. The second kappa shape index (κ2) is 14.4. The third-order valence-electron chi connectivity index (χ3n) is 6.18. The fourth-order valence-electron chi connectivity index (χ4n) is 3.76. The fourth-order valence-corrected chi connectivity index (χ4v) is 4.71. The zero-order valence-corrected chi connectivity index (χ0v) is 25.4. The van der Waals surface area contributed by atoms with Crippen LogP contribution in [0.15, 0.2) is 23.4 Å². The minimum atomic E-state index is -4.49. The number of anilines is 1. The van der Waals surface area contributed by atoms with Crippen molar-refractivity contribution in [3.05, 3.63) is 39.5 Å². The minimum absolute atomic E-state index is 0.00783. The molecule has 1 amide bonds. The number of aromatic nitrogens is 4. The first-order valence-corrected chi connectivity index (χ1v) is 17.3. The zero-order valence-electron chi connectivity index (χ0n) is 23.6. The van der Waals surface area contributed by atoms with Gasteiger partial charge in [-0.1, -0.05) is 31.2 Å². The molecular weight excluding hydrogens is 585 g/mol. The van der Waals surface area contributed by atoms with Gasteiger partial charge < -0.3 is 24.0 Å². The number of piperazine rings is 1. The second-order valence-corrected chi connectivity index (χ2v) is 16.9. The Morgan fingerprint density at radius 3 is 2.34 bits per heavy atom. The van der Waals surface area contributed by atoms with E-state index in [0.29, 0.717) is 32.8 Å². The van der Waals surface area contributed by atoms with E-state index in [1.54, 1.807) is 16.7 Å². The highest BCUT2D eigenvalue weighted by molar-refractivity contribution is 6.76. The monoisotopic (exact) mass is 620 g/mol. The van der Waals surface area contributed by atoms with Crippen LogP contribution in [0.4, 0.5) is 19.1 Å². The molecule has 2 aromatic rings. The largest absolute Gasteiger partial charge is 0.485 e. The van der Waals surface area contributed by atoms with Crippen molar-refractivity contribution in [2.24, 2.45) is 0 Å². The van der Waals surface area contributed by atoms with Crippen molar-refractivity contribution in [3.63, 3.8) is 0 Å². The van der Waals surface area contributed by atoms with E-state index in [-0.39, 0.29) is 49.0 Å². The molecule has 1 aliphatic rings. The number of alkyl halides is 3. The number of nitrogens with zero attached hydrogens (tertiary/aromatic N) is 6. The average Bonchev–Trinajstić information content (AvgIpc) is 2.92. The van der Waals surface area contributed by atoms with Gasteiger partial charge in [0.15, 0.2) is 10.8 Å². The molecule has 0 saturated carbocycles. The van der Waals surface area contributed by atoms with E-state index in [0.717, 1.165) is 23.1 Å². The first-order chi connectivity index (χ1) is 19.2. The summed E-state index contributed by atoms with van der Waals surface area (Å²) in [6.07, 6.45) is -1.92. The van der Waals surface area contributed by atoms with E-state index >= 15 is 0 Å². The molecule has 1 aliphatic heterocycles. The Kier molecular flexibility index (Phi) is 11.5. The molecule has 16 heteroatoms. The van der Waals surface area contributed by atoms with Crippen LogP contribution in [-0.2, 0) is 27.2 Å². The molecular formula is C25H36ClF3N6O5Si. The van der Waals surface area contributed by atoms with E-state index in [1.807, 2.05) is 0 Å². The van der Waals surface area contributed by atoms with E-state index < -0.39 is 31.5 Å². The summed E-state index contributed by atoms with van der Waals surface area (Å²) in [5, 5.41) is 3.97. The summed E-state index contributed by atoms with van der Waals surface area (Å²) < 4.78 is 56.1. The van der Waals surface area contributed by atoms with Gasteiger partial charge in [0.25, 0.3) is 5.56 Å². The third kappa shape index (κ3) is 10.2. The van der Waals surface area contributed by atoms with Gasteiger partial charge in [0.1, 0.15) is 12.8 Å². The molecule has 1 saturated heterocycles. The molecule has 11 nitrogen and oxygen atoms in total. The molecule has 1 fully saturated rings. The van der Waals surface area contributed by atoms with Crippen LogP contribution in [0.5, 0.6) is 5.75 Å². The predicted molar refractivity (Wildman–Crippen MR) is 149 cm³/mol. The molecule has 0 aromatic carbocycles. The summed E-state index contributed by atoms with van der Waals surface area (Å²) in [6, 6.07) is 0.970. The van der Waals surface area contributed by atoms with Crippen LogP contribution < -0.4 is 15.2 Å². The first kappa shape index (κ1) is 32.8. The Hall–Kier alpha value is -2.75. The summed E-state index contributed by atoms with van der Waals surface area (Å²) in [6.45, 7) is 10.9. The Morgan fingerprint density at radius 1 is 1.07 bits per heavy atom. The molecule has 0 spiro atoms. The molecule has 1 atom stereocenters. The number of rotatable bonds is 13. The summed E-state index contributed by atoms with van der Waals surface area (Å²) in [7, 11) is -1.24. The number of ether oxygens (including phenoxy) is 3. The van der Waals surface area contributed by atoms with Crippen molar-refractivity contribution in [3.8, 4) is 5.75 Å². The molecule has 3 heterocycles. The highest BCUT2D eigenvalue weighted by Gasteiger charge is 2.32. The Morgan fingerprint density at radius 2 is 1.73 bits per heavy atom. The third-order valence-corrected chi connectivity index (χ3v) is 8.24. The molecule has 0 radical (unpaired) electrons. The quantitative estimate of drug-likeness (QED) is 0.245. The Bertz CT molecular complexity index is 1200. The Labute approximate surface area is 242 Å². The molecule has 0 bridgehead atoms. The molecule has 2 aromatic heterocycles. The highest BCUT2D eigenvalue weighted by Crippen LogP contribution is 2.28. The van der Waals surface area contributed by atoms with Gasteiger partial charge in [-0.25, -0.2) is 14.6 Å². The topological polar surface area (TPSA) is 112 Å². The number of hydrogen-bond donors (Lipinski definition) is 0. The lowest BCUT2D eigenvalue weighted by atomic mass is 10.3. The van der Waals surface area contributed by atoms with E-state index in [4.69, 9.17) is 25.8 Å². The lowest BCUT2D eigenvalue weighted by molar-refractivity contribution is -0.138. The van der Waals surface area contributed by atoms with Gasteiger partial charge in [-0.3, -0.25) is 9.59 Å². The lowest BCUT2D eigenvalue weighted by Gasteiger charge is -2.34. The standard InChI is InChI=1S/C25H36ClF3N6O5Si/c1-18(40-20-15-32-35(23(37)22(20)26)17-39-11-12-41(2,3)4)16-38-10-5-21(36)33-6-8-34(9-7-33)24-30-13-19(14-31-24)25(27,28)29/h13-15,18H,5-12,16-17H2,1-4H3. The van der Waals surface area contributed by atoms with Crippen LogP contribution in [0.3, 0.4) is 0 Å². The van der Waals surface area contributed by atoms with Crippen LogP contribution in [-0.4, -0.2) is 90.7 Å². The van der Waals surface area contributed by atoms with E-state index in [1.165, 1.54) is 6.20 Å². The number of hydrogen-bond acceptors (Lipinski definition) is 9. The van der Waals surface area contributed by atoms with Crippen molar-refractivity contribution >= 4 is 31.5 Å². The highest BCUT2D eigenvalue weighted by atomic mass is 35.5. The van der Waals surface area contributed by atoms with Crippen LogP contribution >= 0.6 is 11.6 Å². The number of amides is 1. The summed E-state index contributed by atoms with van der Waals surface area (Å²) in [5.41, 5.74) is -1.42. The van der Waals surface area contributed by atoms with E-state index in [9.17, 15) is 22.8 Å². The molecule has 0 N–H and O–H groups in total. The molecule has 228 valence electrons. The van der Waals surface area contributed by atoms with Crippen LogP contribution in [0.1, 0.15) is 18.9 Å². The van der Waals surface area contributed by atoms with Crippen molar-refractivity contribution in [2.45, 2.75) is 58.0 Å². The maximum Gasteiger partial charge on any atom is 0.419 e. The number of carbonyl (C=O) groups is 1. The molecule has 41 heavy (non-hydrogen) atoms. The lowest BCUT2D eigenvalue weighted by Crippen LogP contribution is -2.49. The predicted octanol–water partition coefficient (Wildman–Crippen LogP) is 3.54. The van der Waals surface area contributed by atoms with Crippen LogP contribution in [0.25, 0.3) is 0 Å². The van der Waals surface area contributed by atoms with Gasteiger partial charge in [0, 0.05) is 53.3 Å². The average molecular weight is 621 g/mol. The van der Waals surface area contributed by atoms with Gasteiger partial charge in [-0.15, -0.1) is 0 Å². The maximum atomic E-state index is 12.7. The number of carbonyl (C=O) groups excluding carboxylic acids is 1. The van der Waals surface area contributed by atoms with Crippen molar-refractivity contribution in [1.29, 1.82) is 0 Å². The molecule has 3 rings (SSSR count). The maximum absolute atomic E-state index is 12.7. The normalized spacial score (nSPS) is 15.2. The van der Waals surface area contributed by atoms with Gasteiger partial charge in [-0.2, -0.15) is 18.3 Å². The minimum Gasteiger partial charge on any atom is -0.485 e. The second-order valence-electron chi connectivity index (χ2n) is 10.9. The number of halogens is 4. The van der Waals surface area contributed by atoms with E-state index in [2.05, 4.69) is 34.7 Å². The fraction of sp³-hybridized carbons (Fsp3) is 0.640.